The molecule has 2 atom stereocenters. The average molecular weight is 568 g/mol. The number of nitrogens with zero attached hydrogens (tertiary/aromatic N) is 6. The van der Waals surface area contributed by atoms with Gasteiger partial charge in [0.2, 0.25) is 0 Å². The Labute approximate surface area is 233 Å². The van der Waals surface area contributed by atoms with Gasteiger partial charge in [-0.2, -0.15) is 0 Å². The Balaban J connectivity index is 1.10. The van der Waals surface area contributed by atoms with Crippen molar-refractivity contribution < 1.29 is 27.2 Å². The number of hydrogen-bond acceptors (Lipinski definition) is 9. The first kappa shape index (κ1) is 25.9. The van der Waals surface area contributed by atoms with Crippen molar-refractivity contribution in [2.24, 2.45) is 11.8 Å². The van der Waals surface area contributed by atoms with Crippen LogP contribution in [0.5, 0.6) is 5.75 Å². The molecule has 0 saturated heterocycles. The second-order valence-electron chi connectivity index (χ2n) is 11.1. The van der Waals surface area contributed by atoms with Crippen molar-refractivity contribution in [3.8, 4) is 28.4 Å². The highest BCUT2D eigenvalue weighted by Gasteiger charge is 2.46. The number of alkyl halides is 3. The van der Waals surface area contributed by atoms with Gasteiger partial charge in [-0.15, -0.1) is 18.3 Å². The van der Waals surface area contributed by atoms with Crippen molar-refractivity contribution in [2.75, 3.05) is 5.73 Å². The standard InChI is InChI=1S/C28H28F3N7O3/c29-28(30,31)40-22-4-2-1-3-20(22)24-21(26(41-35-24)15-5-6-15)14-39-19-11-16-7-8-17(12-19)25(16)38-27(34-36-37-38)18-9-10-23(32)33-13-18/h1-4,9-10,13,15-17,19,25H,5-8,11-12,14H2,(H2,32,33). The van der Waals surface area contributed by atoms with E-state index in [0.717, 1.165) is 44.1 Å². The van der Waals surface area contributed by atoms with Crippen molar-refractivity contribution in [3.63, 3.8) is 0 Å². The molecular formula is C28H28F3N7O3. The smallest absolute Gasteiger partial charge is 0.405 e. The van der Waals surface area contributed by atoms with E-state index in [-0.39, 0.29) is 36.0 Å². The molecule has 214 valence electrons. The van der Waals surface area contributed by atoms with Crippen molar-refractivity contribution in [2.45, 2.75) is 69.6 Å². The monoisotopic (exact) mass is 567 g/mol. The predicted molar refractivity (Wildman–Crippen MR) is 139 cm³/mol. The van der Waals surface area contributed by atoms with Gasteiger partial charge in [-0.1, -0.05) is 17.3 Å². The van der Waals surface area contributed by atoms with Gasteiger partial charge in [0.1, 0.15) is 23.0 Å². The summed E-state index contributed by atoms with van der Waals surface area (Å²) in [5.41, 5.74) is 7.82. The van der Waals surface area contributed by atoms with Crippen molar-refractivity contribution in [1.29, 1.82) is 0 Å². The SMILES string of the molecule is Nc1ccc(-c2nnnn2C2C3CCC2CC(OCc2c(-c4ccccc4OC(F)(F)F)noc2C2CC2)C3)cn1. The van der Waals surface area contributed by atoms with Crippen LogP contribution < -0.4 is 10.5 Å². The maximum Gasteiger partial charge on any atom is 0.573 e. The molecule has 0 amide bonds. The van der Waals surface area contributed by atoms with Crippen LogP contribution in [-0.4, -0.2) is 42.8 Å². The largest absolute Gasteiger partial charge is 0.573 e. The van der Waals surface area contributed by atoms with Crippen LogP contribution in [-0.2, 0) is 11.3 Å². The highest BCUT2D eigenvalue weighted by molar-refractivity contribution is 5.70. The van der Waals surface area contributed by atoms with Gasteiger partial charge in [-0.05, 0) is 85.1 Å². The second-order valence-corrected chi connectivity index (χ2v) is 11.1. The van der Waals surface area contributed by atoms with E-state index in [9.17, 15) is 13.2 Å². The molecule has 0 spiro atoms. The van der Waals surface area contributed by atoms with Gasteiger partial charge in [0.25, 0.3) is 0 Å². The summed E-state index contributed by atoms with van der Waals surface area (Å²) in [4.78, 5) is 4.18. The summed E-state index contributed by atoms with van der Waals surface area (Å²) in [6, 6.07) is 9.75. The lowest BCUT2D eigenvalue weighted by atomic mass is 9.82. The molecule has 2 bridgehead atoms. The fourth-order valence-corrected chi connectivity index (χ4v) is 6.51. The number of pyridine rings is 1. The zero-order valence-electron chi connectivity index (χ0n) is 22.0. The highest BCUT2D eigenvalue weighted by atomic mass is 19.4. The van der Waals surface area contributed by atoms with E-state index in [4.69, 9.17) is 15.0 Å². The molecule has 3 heterocycles. The van der Waals surface area contributed by atoms with Crippen molar-refractivity contribution >= 4 is 5.82 Å². The lowest BCUT2D eigenvalue weighted by Crippen LogP contribution is -2.33. The number of nitrogen functional groups attached to an aromatic ring is 1. The number of fused-ring (bicyclic) bond motifs is 2. The number of ether oxygens (including phenoxy) is 2. The van der Waals surface area contributed by atoms with E-state index in [1.807, 2.05) is 10.7 Å². The van der Waals surface area contributed by atoms with Gasteiger partial charge in [0.15, 0.2) is 5.82 Å². The number of para-hydroxylation sites is 1. The number of halogens is 3. The molecule has 3 aliphatic carbocycles. The quantitative estimate of drug-likeness (QED) is 0.285. The Bertz CT molecular complexity index is 1520. The molecule has 3 aromatic heterocycles. The Morgan fingerprint density at radius 3 is 2.51 bits per heavy atom. The molecule has 10 nitrogen and oxygen atoms in total. The summed E-state index contributed by atoms with van der Waals surface area (Å²) >= 11 is 0. The summed E-state index contributed by atoms with van der Waals surface area (Å²) in [7, 11) is 0. The van der Waals surface area contributed by atoms with Gasteiger partial charge in [0.05, 0.1) is 18.8 Å². The van der Waals surface area contributed by atoms with Gasteiger partial charge >= 0.3 is 6.36 Å². The number of aromatic nitrogens is 6. The normalized spacial score (nSPS) is 24.1. The van der Waals surface area contributed by atoms with E-state index < -0.39 is 6.36 Å². The maximum absolute atomic E-state index is 13.1. The number of hydrogen-bond donors (Lipinski definition) is 1. The Morgan fingerprint density at radius 1 is 1.02 bits per heavy atom. The van der Waals surface area contributed by atoms with Crippen LogP contribution >= 0.6 is 0 Å². The summed E-state index contributed by atoms with van der Waals surface area (Å²) in [6.45, 7) is 0.201. The molecule has 1 aromatic carbocycles. The fraction of sp³-hybridized carbons (Fsp3) is 0.464. The molecule has 7 rings (SSSR count). The summed E-state index contributed by atoms with van der Waals surface area (Å²) in [6.07, 6.45) is 2.49. The Morgan fingerprint density at radius 2 is 1.80 bits per heavy atom. The maximum atomic E-state index is 13.1. The zero-order chi connectivity index (χ0) is 28.1. The Hall–Kier alpha value is -4.00. The zero-order valence-corrected chi connectivity index (χ0v) is 22.0. The number of benzene rings is 1. The topological polar surface area (TPSA) is 127 Å². The lowest BCUT2D eigenvalue weighted by Gasteiger charge is -2.35. The summed E-state index contributed by atoms with van der Waals surface area (Å²) in [5.74, 6) is 2.34. The third-order valence-electron chi connectivity index (χ3n) is 8.42. The van der Waals surface area contributed by atoms with Crippen molar-refractivity contribution in [3.05, 3.63) is 53.9 Å². The first-order chi connectivity index (χ1) is 19.8. The minimum Gasteiger partial charge on any atom is -0.405 e. The molecule has 0 aliphatic heterocycles. The molecular weight excluding hydrogens is 539 g/mol. The van der Waals surface area contributed by atoms with Crippen LogP contribution in [0, 0.1) is 11.8 Å². The van der Waals surface area contributed by atoms with E-state index in [1.54, 1.807) is 24.4 Å². The van der Waals surface area contributed by atoms with E-state index in [0.29, 0.717) is 40.5 Å². The third-order valence-corrected chi connectivity index (χ3v) is 8.42. The van der Waals surface area contributed by atoms with Gasteiger partial charge in [0, 0.05) is 28.8 Å². The molecule has 13 heteroatoms. The van der Waals surface area contributed by atoms with Crippen LogP contribution in [0.4, 0.5) is 19.0 Å². The molecule has 4 aromatic rings. The molecule has 2 N–H and O–H groups in total. The minimum absolute atomic E-state index is 0.0154. The van der Waals surface area contributed by atoms with E-state index in [1.165, 1.54) is 12.1 Å². The van der Waals surface area contributed by atoms with E-state index >= 15 is 0 Å². The Kier molecular flexibility index (Phi) is 6.40. The number of anilines is 1. The molecule has 3 fully saturated rings. The van der Waals surface area contributed by atoms with E-state index in [2.05, 4.69) is 30.4 Å². The van der Waals surface area contributed by atoms with Crippen LogP contribution in [0.25, 0.3) is 22.6 Å². The molecule has 0 radical (unpaired) electrons. The fourth-order valence-electron chi connectivity index (χ4n) is 6.51. The average Bonchev–Trinajstić information content (AvgIpc) is 3.41. The lowest BCUT2D eigenvalue weighted by molar-refractivity contribution is -0.274. The summed E-state index contributed by atoms with van der Waals surface area (Å²) in [5, 5.41) is 16.8. The van der Waals surface area contributed by atoms with Gasteiger partial charge < -0.3 is 19.7 Å². The highest BCUT2D eigenvalue weighted by Crippen LogP contribution is 2.51. The first-order valence-corrected chi connectivity index (χ1v) is 13.8. The van der Waals surface area contributed by atoms with Crippen LogP contribution in [0.15, 0.2) is 47.1 Å². The molecule has 41 heavy (non-hydrogen) atoms. The summed E-state index contributed by atoms with van der Waals surface area (Å²) < 4.78 is 57.7. The second kappa shape index (κ2) is 10.1. The third kappa shape index (κ3) is 5.14. The predicted octanol–water partition coefficient (Wildman–Crippen LogP) is 5.69. The number of rotatable bonds is 8. The molecule has 3 saturated carbocycles. The van der Waals surface area contributed by atoms with Gasteiger partial charge in [-0.25, -0.2) is 9.67 Å². The van der Waals surface area contributed by atoms with Crippen LogP contribution in [0.1, 0.15) is 61.8 Å². The van der Waals surface area contributed by atoms with Crippen LogP contribution in [0.3, 0.4) is 0 Å². The number of tetrazole rings is 1. The number of nitrogens with two attached hydrogens (primary N) is 1. The van der Waals surface area contributed by atoms with Crippen molar-refractivity contribution in [1.82, 2.24) is 30.3 Å². The first-order valence-electron chi connectivity index (χ1n) is 13.8. The molecule has 2 unspecified atom stereocenters. The van der Waals surface area contributed by atoms with Gasteiger partial charge in [-0.3, -0.25) is 0 Å². The molecule has 3 aliphatic rings. The minimum atomic E-state index is -4.82. The van der Waals surface area contributed by atoms with Crippen LogP contribution in [0.2, 0.25) is 0 Å².